The average Bonchev–Trinajstić information content (AvgIpc) is 3.41. The van der Waals surface area contributed by atoms with Crippen molar-refractivity contribution < 1.29 is 38.5 Å². The van der Waals surface area contributed by atoms with Gasteiger partial charge in [-0.05, 0) is 86.2 Å². The summed E-state index contributed by atoms with van der Waals surface area (Å²) >= 11 is 6.06. The Hall–Kier alpha value is -4.70. The van der Waals surface area contributed by atoms with Gasteiger partial charge in [-0.25, -0.2) is 9.29 Å². The molecular weight excluding hydrogens is 627 g/mol. The van der Waals surface area contributed by atoms with Crippen LogP contribution >= 0.6 is 11.6 Å². The highest BCUT2D eigenvalue weighted by molar-refractivity contribution is 6.31. The molecule has 11 heteroatoms. The summed E-state index contributed by atoms with van der Waals surface area (Å²) in [6.07, 6.45) is 2.70. The van der Waals surface area contributed by atoms with Crippen LogP contribution in [-0.4, -0.2) is 52.4 Å². The number of likely N-dealkylation sites (tertiary alicyclic amines) is 1. The molecule has 4 aliphatic rings. The lowest BCUT2D eigenvalue weighted by atomic mass is 9.51. The summed E-state index contributed by atoms with van der Waals surface area (Å²) in [5, 5.41) is 20.6. The number of anilines is 1. The minimum Gasteiger partial charge on any atom is -0.508 e. The number of rotatable bonds is 6. The summed E-state index contributed by atoms with van der Waals surface area (Å²) in [6, 6.07) is 14.9. The second-order valence-corrected chi connectivity index (χ2v) is 13.3. The monoisotopic (exact) mass is 658 g/mol. The van der Waals surface area contributed by atoms with E-state index in [0.29, 0.717) is 17.7 Å². The van der Waals surface area contributed by atoms with Gasteiger partial charge in [-0.2, -0.15) is 0 Å². The van der Waals surface area contributed by atoms with Crippen LogP contribution in [-0.2, 0) is 25.6 Å². The van der Waals surface area contributed by atoms with Crippen LogP contribution in [0.2, 0.25) is 5.02 Å². The Balaban J connectivity index is 1.31. The fourth-order valence-corrected chi connectivity index (χ4v) is 8.48. The number of fused-ring (bicyclic) bond motifs is 4. The number of carbonyl (C=O) groups is 4. The van der Waals surface area contributed by atoms with Crippen LogP contribution in [0.4, 0.5) is 10.1 Å². The first-order valence-corrected chi connectivity index (χ1v) is 15.9. The Morgan fingerprint density at radius 3 is 2.40 bits per heavy atom. The first kappa shape index (κ1) is 30.9. The largest absolute Gasteiger partial charge is 0.508 e. The first-order chi connectivity index (χ1) is 22.4. The van der Waals surface area contributed by atoms with Gasteiger partial charge in [0.05, 0.1) is 41.0 Å². The number of hydrogen-bond acceptors (Lipinski definition) is 7. The number of allylic oxidation sites excluding steroid dienone is 2. The van der Waals surface area contributed by atoms with Crippen molar-refractivity contribution in [3.05, 3.63) is 94.3 Å². The molecule has 4 amide bonds. The van der Waals surface area contributed by atoms with E-state index in [-0.39, 0.29) is 53.4 Å². The van der Waals surface area contributed by atoms with Crippen molar-refractivity contribution in [1.29, 1.82) is 0 Å². The van der Waals surface area contributed by atoms with Crippen LogP contribution in [0, 0.1) is 34.9 Å². The minimum absolute atomic E-state index is 0.104. The molecule has 2 heterocycles. The molecule has 6 atom stereocenters. The maximum atomic E-state index is 14.5. The number of benzene rings is 3. The lowest BCUT2D eigenvalue weighted by Crippen LogP contribution is -2.49. The van der Waals surface area contributed by atoms with Crippen LogP contribution in [0.1, 0.15) is 36.8 Å². The first-order valence-electron chi connectivity index (χ1n) is 15.5. The molecule has 2 saturated heterocycles. The third-order valence-electron chi connectivity index (χ3n) is 10.6. The van der Waals surface area contributed by atoms with E-state index in [4.69, 9.17) is 16.3 Å². The van der Waals surface area contributed by atoms with Gasteiger partial charge >= 0.3 is 0 Å². The maximum absolute atomic E-state index is 14.5. The Bertz CT molecular complexity index is 1880. The van der Waals surface area contributed by atoms with Gasteiger partial charge in [0, 0.05) is 18.0 Å². The zero-order valence-electron chi connectivity index (χ0n) is 25.7. The van der Waals surface area contributed by atoms with Crippen molar-refractivity contribution in [3.63, 3.8) is 0 Å². The molecule has 3 aromatic rings. The number of phenolic OH excluding ortho intramolecular Hbond substituents is 2. The average molecular weight is 659 g/mol. The molecule has 0 bridgehead atoms. The number of carbonyl (C=O) groups excluding carboxylic acids is 4. The van der Waals surface area contributed by atoms with E-state index in [9.17, 15) is 33.8 Å². The van der Waals surface area contributed by atoms with Gasteiger partial charge in [-0.1, -0.05) is 35.4 Å². The van der Waals surface area contributed by atoms with Crippen molar-refractivity contribution in [2.75, 3.05) is 18.6 Å². The fourth-order valence-electron chi connectivity index (χ4n) is 8.31. The normalized spacial score (nSPS) is 28.3. The van der Waals surface area contributed by atoms with E-state index in [1.165, 1.54) is 30.2 Å². The van der Waals surface area contributed by atoms with Crippen LogP contribution in [0.15, 0.2) is 72.3 Å². The SMILES string of the molecule is COc1ccc(O)c(C2C3=CCC4C(=O)N(CCc5ccc(O)cc5)C(=O)C4C3CC3C(=O)N(c4ccc(F)c(Cl)c4)C(=O)C32C)c1. The predicted octanol–water partition coefficient (Wildman–Crippen LogP) is 5.37. The molecule has 2 aliphatic carbocycles. The van der Waals surface area contributed by atoms with Crippen molar-refractivity contribution in [2.45, 2.75) is 32.1 Å². The second kappa shape index (κ2) is 11.2. The number of ether oxygens (including phenoxy) is 1. The van der Waals surface area contributed by atoms with E-state index < -0.39 is 52.6 Å². The minimum atomic E-state index is -1.40. The molecule has 47 heavy (non-hydrogen) atoms. The van der Waals surface area contributed by atoms with E-state index in [0.717, 1.165) is 22.1 Å². The molecule has 2 N–H and O–H groups in total. The third-order valence-corrected chi connectivity index (χ3v) is 10.9. The molecule has 0 aromatic heterocycles. The molecule has 2 aliphatic heterocycles. The van der Waals surface area contributed by atoms with E-state index >= 15 is 0 Å². The van der Waals surface area contributed by atoms with Crippen molar-refractivity contribution in [3.8, 4) is 17.2 Å². The number of hydrogen-bond donors (Lipinski definition) is 2. The molecule has 7 rings (SSSR count). The molecule has 1 saturated carbocycles. The Morgan fingerprint density at radius 2 is 1.70 bits per heavy atom. The lowest BCUT2D eigenvalue weighted by Gasteiger charge is -2.49. The summed E-state index contributed by atoms with van der Waals surface area (Å²) in [4.78, 5) is 58.9. The molecule has 0 radical (unpaired) electrons. The second-order valence-electron chi connectivity index (χ2n) is 12.9. The van der Waals surface area contributed by atoms with Gasteiger partial charge < -0.3 is 14.9 Å². The summed E-state index contributed by atoms with van der Waals surface area (Å²) in [7, 11) is 1.48. The van der Waals surface area contributed by atoms with Crippen molar-refractivity contribution in [2.24, 2.45) is 29.1 Å². The number of aromatic hydroxyl groups is 2. The van der Waals surface area contributed by atoms with E-state index in [2.05, 4.69) is 0 Å². The van der Waals surface area contributed by atoms with Crippen LogP contribution in [0.5, 0.6) is 17.2 Å². The molecule has 6 unspecified atom stereocenters. The Morgan fingerprint density at radius 1 is 0.957 bits per heavy atom. The molecule has 3 fully saturated rings. The van der Waals surface area contributed by atoms with Gasteiger partial charge in [-0.3, -0.25) is 24.1 Å². The lowest BCUT2D eigenvalue weighted by molar-refractivity contribution is -0.140. The molecular formula is C36H32ClFN2O7. The van der Waals surface area contributed by atoms with Gasteiger partial charge in [0.2, 0.25) is 23.6 Å². The van der Waals surface area contributed by atoms with Crippen molar-refractivity contribution in [1.82, 2.24) is 4.90 Å². The number of methoxy groups -OCH3 is 1. The highest BCUT2D eigenvalue weighted by atomic mass is 35.5. The summed E-state index contributed by atoms with van der Waals surface area (Å²) in [5.41, 5.74) is 0.664. The topological polar surface area (TPSA) is 124 Å². The number of imide groups is 2. The van der Waals surface area contributed by atoms with Crippen LogP contribution in [0.25, 0.3) is 0 Å². The van der Waals surface area contributed by atoms with Gasteiger partial charge in [-0.15, -0.1) is 0 Å². The van der Waals surface area contributed by atoms with E-state index in [1.807, 2.05) is 6.08 Å². The quantitative estimate of drug-likeness (QED) is 0.270. The van der Waals surface area contributed by atoms with Gasteiger partial charge in [0.1, 0.15) is 23.1 Å². The fraction of sp³-hybridized carbons (Fsp3) is 0.333. The smallest absolute Gasteiger partial charge is 0.241 e. The highest BCUT2D eigenvalue weighted by Gasteiger charge is 2.68. The van der Waals surface area contributed by atoms with Gasteiger partial charge in [0.25, 0.3) is 0 Å². The molecule has 242 valence electrons. The number of halogens is 2. The molecule has 0 spiro atoms. The Kier molecular flexibility index (Phi) is 7.39. The molecule has 9 nitrogen and oxygen atoms in total. The summed E-state index contributed by atoms with van der Waals surface area (Å²) in [6.45, 7) is 1.86. The number of amides is 4. The summed E-state index contributed by atoms with van der Waals surface area (Å²) in [5.74, 6) is -5.61. The highest BCUT2D eigenvalue weighted by Crippen LogP contribution is 2.64. The third kappa shape index (κ3) is 4.64. The van der Waals surface area contributed by atoms with Crippen molar-refractivity contribution >= 4 is 40.9 Å². The standard InChI is InChI=1S/C36H32ClFN2O7/c1-36-26(33(44)40(35(36)46)19-5-11-28(38)27(37)15-19)17-24-22(31(36)25-16-21(47-2)8-12-29(25)42)9-10-23-30(24)34(45)39(32(23)43)14-13-18-3-6-20(41)7-4-18/h3-9,11-12,15-16,23-24,26,30-31,41-42H,10,13-14,17H2,1-2H3. The van der Waals surface area contributed by atoms with Crippen LogP contribution < -0.4 is 9.64 Å². The maximum Gasteiger partial charge on any atom is 0.241 e. The van der Waals surface area contributed by atoms with E-state index in [1.54, 1.807) is 43.3 Å². The van der Waals surface area contributed by atoms with Gasteiger partial charge in [0.15, 0.2) is 0 Å². The molecule has 3 aromatic carbocycles. The zero-order valence-corrected chi connectivity index (χ0v) is 26.4. The zero-order chi connectivity index (χ0) is 33.4. The summed E-state index contributed by atoms with van der Waals surface area (Å²) < 4.78 is 19.6. The van der Waals surface area contributed by atoms with Crippen LogP contribution in [0.3, 0.4) is 0 Å². The number of nitrogens with zero attached hydrogens (tertiary/aromatic N) is 2. The predicted molar refractivity (Wildman–Crippen MR) is 169 cm³/mol. The number of phenols is 2. The Labute approximate surface area is 275 Å².